The molecule has 148 valence electrons. The molecule has 0 aliphatic carbocycles. The van der Waals surface area contributed by atoms with Crippen molar-refractivity contribution < 1.29 is 9.53 Å². The zero-order valence-electron chi connectivity index (χ0n) is 16.0. The Bertz CT molecular complexity index is 1260. The number of amides is 1. The van der Waals surface area contributed by atoms with Crippen LogP contribution in [0.2, 0.25) is 0 Å². The van der Waals surface area contributed by atoms with E-state index in [1.807, 2.05) is 60.7 Å². The lowest BCUT2D eigenvalue weighted by atomic mass is 9.99. The van der Waals surface area contributed by atoms with Gasteiger partial charge in [0.25, 0.3) is 0 Å². The Morgan fingerprint density at radius 3 is 2.53 bits per heavy atom. The van der Waals surface area contributed by atoms with Gasteiger partial charge in [-0.05, 0) is 29.3 Å². The first-order valence-corrected chi connectivity index (χ1v) is 10.4. The summed E-state index contributed by atoms with van der Waals surface area (Å²) < 4.78 is 5.27. The number of methoxy groups -OCH3 is 1. The molecule has 0 bridgehead atoms. The monoisotopic (exact) mass is 433 g/mol. The molecule has 0 spiro atoms. The van der Waals surface area contributed by atoms with Crippen molar-refractivity contribution in [2.24, 2.45) is 0 Å². The lowest BCUT2D eigenvalue weighted by molar-refractivity contribution is -0.113. The van der Waals surface area contributed by atoms with Crippen molar-refractivity contribution >= 4 is 44.7 Å². The first-order valence-electron chi connectivity index (χ1n) is 9.08. The van der Waals surface area contributed by atoms with Crippen molar-refractivity contribution in [3.05, 3.63) is 65.5 Å². The van der Waals surface area contributed by atoms with E-state index in [1.54, 1.807) is 7.11 Å². The Morgan fingerprint density at radius 2 is 1.90 bits per heavy atom. The lowest BCUT2D eigenvalue weighted by Crippen LogP contribution is -2.13. The van der Waals surface area contributed by atoms with Gasteiger partial charge in [0, 0.05) is 10.9 Å². The molecule has 0 saturated heterocycles. The summed E-state index contributed by atoms with van der Waals surface area (Å²) in [4.78, 5) is 17.9. The topological polar surface area (TPSA) is 75.0 Å². The van der Waals surface area contributed by atoms with Crippen LogP contribution in [0.15, 0.2) is 60.7 Å². The number of hydrogen-bond acceptors (Lipinski definition) is 5. The molecule has 0 unspecified atom stereocenters. The van der Waals surface area contributed by atoms with Crippen LogP contribution in [0.3, 0.4) is 0 Å². The van der Waals surface area contributed by atoms with Crippen LogP contribution >= 0.6 is 22.9 Å². The molecule has 1 N–H and O–H groups in total. The van der Waals surface area contributed by atoms with Crippen LogP contribution in [0.25, 0.3) is 32.6 Å². The van der Waals surface area contributed by atoms with Crippen LogP contribution in [0.4, 0.5) is 5.69 Å². The van der Waals surface area contributed by atoms with Gasteiger partial charge in [0.1, 0.15) is 27.4 Å². The third-order valence-corrected chi connectivity index (χ3v) is 5.85. The number of thiophene rings is 1. The van der Waals surface area contributed by atoms with Crippen molar-refractivity contribution in [3.8, 4) is 34.2 Å². The number of anilines is 1. The number of nitrogens with one attached hydrogen (secondary N) is 1. The Labute approximate surface area is 182 Å². The first-order chi connectivity index (χ1) is 14.6. The molecule has 4 aromatic rings. The summed E-state index contributed by atoms with van der Waals surface area (Å²) in [5.74, 6) is 0.169. The third-order valence-electron chi connectivity index (χ3n) is 4.62. The van der Waals surface area contributed by atoms with Gasteiger partial charge in [-0.2, -0.15) is 5.26 Å². The van der Waals surface area contributed by atoms with Crippen LogP contribution in [-0.4, -0.2) is 23.9 Å². The largest absolute Gasteiger partial charge is 0.497 e. The number of pyridine rings is 1. The number of nitrogens with zero attached hydrogens (tertiary/aromatic N) is 2. The number of nitriles is 1. The smallest absolute Gasteiger partial charge is 0.239 e. The van der Waals surface area contributed by atoms with E-state index in [4.69, 9.17) is 21.3 Å². The second kappa shape index (κ2) is 8.54. The number of carbonyl (C=O) groups excluding carboxylic acids is 1. The van der Waals surface area contributed by atoms with Crippen LogP contribution in [0.5, 0.6) is 5.75 Å². The number of aromatic nitrogens is 1. The molecule has 2 aromatic carbocycles. The van der Waals surface area contributed by atoms with E-state index in [0.717, 1.165) is 33.5 Å². The average Bonchev–Trinajstić information content (AvgIpc) is 3.16. The number of hydrogen-bond donors (Lipinski definition) is 1. The number of fused-ring (bicyclic) bond motifs is 1. The average molecular weight is 434 g/mol. The number of halogens is 1. The zero-order chi connectivity index (χ0) is 21.1. The number of carbonyl (C=O) groups is 1. The van der Waals surface area contributed by atoms with Gasteiger partial charge in [-0.25, -0.2) is 4.98 Å². The maximum Gasteiger partial charge on any atom is 0.239 e. The van der Waals surface area contributed by atoms with E-state index in [2.05, 4.69) is 11.4 Å². The highest BCUT2D eigenvalue weighted by Crippen LogP contribution is 2.42. The molecule has 7 heteroatoms. The van der Waals surface area contributed by atoms with Gasteiger partial charge in [0.15, 0.2) is 0 Å². The number of alkyl halides is 1. The van der Waals surface area contributed by atoms with Crippen LogP contribution in [0.1, 0.15) is 4.88 Å². The second-order valence-electron chi connectivity index (χ2n) is 6.43. The fraction of sp³-hybridized carbons (Fsp3) is 0.0870. The molecule has 0 radical (unpaired) electrons. The van der Waals surface area contributed by atoms with E-state index in [0.29, 0.717) is 15.4 Å². The molecular weight excluding hydrogens is 418 g/mol. The molecule has 0 atom stereocenters. The third kappa shape index (κ3) is 3.73. The van der Waals surface area contributed by atoms with Crippen molar-refractivity contribution in [3.63, 3.8) is 0 Å². The zero-order valence-corrected chi connectivity index (χ0v) is 17.6. The summed E-state index contributed by atoms with van der Waals surface area (Å²) in [5, 5.41) is 13.2. The fourth-order valence-electron chi connectivity index (χ4n) is 3.22. The molecule has 0 aliphatic heterocycles. The molecule has 5 nitrogen and oxygen atoms in total. The maximum atomic E-state index is 12.0. The fourth-order valence-corrected chi connectivity index (χ4v) is 4.24. The van der Waals surface area contributed by atoms with Crippen LogP contribution in [-0.2, 0) is 4.79 Å². The molecular formula is C23H16ClN3O2S. The highest BCUT2D eigenvalue weighted by molar-refractivity contribution is 7.20. The molecule has 0 saturated carbocycles. The van der Waals surface area contributed by atoms with Gasteiger partial charge in [-0.3, -0.25) is 4.79 Å². The van der Waals surface area contributed by atoms with Gasteiger partial charge in [-0.1, -0.05) is 42.5 Å². The quantitative estimate of drug-likeness (QED) is 0.410. The molecule has 0 fully saturated rings. The summed E-state index contributed by atoms with van der Waals surface area (Å²) in [6.07, 6.45) is 0. The predicted octanol–water partition coefficient (Wildman–Crippen LogP) is 5.69. The maximum absolute atomic E-state index is 12.0. The Balaban J connectivity index is 2.02. The Hall–Kier alpha value is -3.40. The minimum atomic E-state index is -0.374. The van der Waals surface area contributed by atoms with E-state index < -0.39 is 0 Å². The summed E-state index contributed by atoms with van der Waals surface area (Å²) in [6, 6.07) is 21.6. The van der Waals surface area contributed by atoms with Gasteiger partial charge >= 0.3 is 0 Å². The molecule has 0 aliphatic rings. The summed E-state index contributed by atoms with van der Waals surface area (Å²) in [6.45, 7) is 0. The molecule has 4 rings (SSSR count). The minimum absolute atomic E-state index is 0.199. The number of benzene rings is 2. The van der Waals surface area contributed by atoms with Crippen LogP contribution in [0, 0.1) is 11.3 Å². The lowest BCUT2D eigenvalue weighted by Gasteiger charge is -2.11. The highest BCUT2D eigenvalue weighted by atomic mass is 35.5. The van der Waals surface area contributed by atoms with Crippen molar-refractivity contribution in [1.82, 2.24) is 4.98 Å². The first kappa shape index (κ1) is 19.9. The van der Waals surface area contributed by atoms with E-state index >= 15 is 0 Å². The normalized spacial score (nSPS) is 10.6. The molecule has 2 heterocycles. The second-order valence-corrected chi connectivity index (χ2v) is 7.70. The summed E-state index contributed by atoms with van der Waals surface area (Å²) >= 11 is 6.94. The Kier molecular flexibility index (Phi) is 5.66. The van der Waals surface area contributed by atoms with Gasteiger partial charge in [0.05, 0.1) is 18.5 Å². The van der Waals surface area contributed by atoms with E-state index in [1.165, 1.54) is 11.3 Å². The van der Waals surface area contributed by atoms with Crippen molar-refractivity contribution in [2.75, 3.05) is 18.3 Å². The van der Waals surface area contributed by atoms with Gasteiger partial charge in [0.2, 0.25) is 5.91 Å². The van der Waals surface area contributed by atoms with Crippen molar-refractivity contribution in [2.45, 2.75) is 0 Å². The summed E-state index contributed by atoms with van der Waals surface area (Å²) in [5.41, 5.74) is 3.98. The molecule has 1 amide bonds. The van der Waals surface area contributed by atoms with Gasteiger partial charge < -0.3 is 10.1 Å². The van der Waals surface area contributed by atoms with E-state index in [-0.39, 0.29) is 11.8 Å². The number of ether oxygens (including phenoxy) is 1. The van der Waals surface area contributed by atoms with E-state index in [9.17, 15) is 10.1 Å². The molecule has 2 aromatic heterocycles. The van der Waals surface area contributed by atoms with Crippen molar-refractivity contribution in [1.29, 1.82) is 5.26 Å². The summed E-state index contributed by atoms with van der Waals surface area (Å²) in [7, 11) is 1.62. The van der Waals surface area contributed by atoms with Gasteiger partial charge in [-0.15, -0.1) is 22.9 Å². The predicted molar refractivity (Wildman–Crippen MR) is 121 cm³/mol. The minimum Gasteiger partial charge on any atom is -0.497 e. The SMILES string of the molecule is COc1ccc(-c2cc(-c3ccccc3)nc3sc(C#N)c(NC(=O)CCl)c23)cc1. The Morgan fingerprint density at radius 1 is 1.17 bits per heavy atom. The van der Waals surface area contributed by atoms with Crippen LogP contribution < -0.4 is 10.1 Å². The standard InChI is InChI=1S/C23H16ClN3O2S/c1-29-16-9-7-14(8-10-16)17-11-18(15-5-3-2-4-6-15)26-23-21(17)22(19(13-25)30-23)27-20(28)12-24/h2-11H,12H2,1H3,(H,27,28). The number of rotatable bonds is 5. The molecule has 30 heavy (non-hydrogen) atoms. The highest BCUT2D eigenvalue weighted by Gasteiger charge is 2.21.